The molecule has 0 aromatic heterocycles. The molecule has 2 aromatic rings. The van der Waals surface area contributed by atoms with E-state index in [1.54, 1.807) is 24.3 Å². The average Bonchev–Trinajstić information content (AvgIpc) is 2.70. The molecule has 1 atom stereocenters. The molecule has 2 aromatic carbocycles. The molecule has 0 radical (unpaired) electrons. The summed E-state index contributed by atoms with van der Waals surface area (Å²) in [6.45, 7) is 1.12. The molecule has 0 fully saturated rings. The standard InChI is InChI=1S/C18H21FN4O5S/c1-12(23-29(26,27)16-6-4-3-5-15(16)19)18(25)22-21-17(24)11-20-13-7-9-14(28-2)10-8-13/h3-10,12,20,23H,11H2,1-2H3,(H,21,24)(H,22,25)/t12-/m0/s1. The van der Waals surface area contributed by atoms with Crippen molar-refractivity contribution >= 4 is 27.5 Å². The number of methoxy groups -OCH3 is 1. The molecule has 0 saturated heterocycles. The van der Waals surface area contributed by atoms with Crippen LogP contribution in [0.25, 0.3) is 0 Å². The number of halogens is 1. The third-order valence-corrected chi connectivity index (χ3v) is 5.29. The fraction of sp³-hybridized carbons (Fsp3) is 0.222. The summed E-state index contributed by atoms with van der Waals surface area (Å²) in [4.78, 5) is 23.2. The van der Waals surface area contributed by atoms with Crippen LogP contribution in [0.1, 0.15) is 6.92 Å². The van der Waals surface area contributed by atoms with Crippen LogP contribution < -0.4 is 25.6 Å². The molecule has 2 rings (SSSR count). The number of hydrazine groups is 1. The van der Waals surface area contributed by atoms with E-state index < -0.39 is 38.6 Å². The maximum atomic E-state index is 13.7. The summed E-state index contributed by atoms with van der Waals surface area (Å²) in [5.41, 5.74) is 4.93. The van der Waals surface area contributed by atoms with Crippen molar-refractivity contribution in [3.8, 4) is 5.75 Å². The van der Waals surface area contributed by atoms with Gasteiger partial charge in [0.2, 0.25) is 10.0 Å². The lowest BCUT2D eigenvalue weighted by atomic mass is 10.3. The third-order valence-electron chi connectivity index (χ3n) is 3.72. The molecule has 0 aliphatic carbocycles. The Labute approximate surface area is 167 Å². The summed E-state index contributed by atoms with van der Waals surface area (Å²) in [5, 5.41) is 2.84. The number of hydrogen-bond donors (Lipinski definition) is 4. The summed E-state index contributed by atoms with van der Waals surface area (Å²) >= 11 is 0. The lowest BCUT2D eigenvalue weighted by Gasteiger charge is -2.15. The van der Waals surface area contributed by atoms with Crippen LogP contribution >= 0.6 is 0 Å². The van der Waals surface area contributed by atoms with Gasteiger partial charge in [0.1, 0.15) is 16.5 Å². The van der Waals surface area contributed by atoms with E-state index >= 15 is 0 Å². The van der Waals surface area contributed by atoms with E-state index in [0.717, 1.165) is 12.1 Å². The second kappa shape index (κ2) is 9.85. The van der Waals surface area contributed by atoms with E-state index in [1.165, 1.54) is 26.2 Å². The molecule has 9 nitrogen and oxygen atoms in total. The molecule has 29 heavy (non-hydrogen) atoms. The molecule has 0 saturated carbocycles. The molecule has 0 unspecified atom stereocenters. The van der Waals surface area contributed by atoms with Crippen molar-refractivity contribution in [1.29, 1.82) is 0 Å². The van der Waals surface area contributed by atoms with Gasteiger partial charge in [-0.1, -0.05) is 12.1 Å². The second-order valence-corrected chi connectivity index (χ2v) is 7.58. The number of benzene rings is 2. The molecule has 0 spiro atoms. The Hall–Kier alpha value is -3.18. The van der Waals surface area contributed by atoms with Crippen LogP contribution in [0, 0.1) is 5.82 Å². The quantitative estimate of drug-likeness (QED) is 0.464. The van der Waals surface area contributed by atoms with Crippen LogP contribution in [0.15, 0.2) is 53.4 Å². The molecule has 2 amide bonds. The van der Waals surface area contributed by atoms with E-state index in [1.807, 2.05) is 4.72 Å². The lowest BCUT2D eigenvalue weighted by molar-refractivity contribution is -0.128. The zero-order valence-corrected chi connectivity index (χ0v) is 16.5. The topological polar surface area (TPSA) is 126 Å². The van der Waals surface area contributed by atoms with Gasteiger partial charge in [0.15, 0.2) is 0 Å². The van der Waals surface area contributed by atoms with Crippen LogP contribution in [0.5, 0.6) is 5.75 Å². The minimum Gasteiger partial charge on any atom is -0.497 e. The van der Waals surface area contributed by atoms with Gasteiger partial charge >= 0.3 is 0 Å². The zero-order chi connectivity index (χ0) is 21.4. The Bertz CT molecular complexity index is 966. The number of hydrogen-bond acceptors (Lipinski definition) is 6. The van der Waals surface area contributed by atoms with Crippen molar-refractivity contribution < 1.29 is 27.1 Å². The molecule has 0 aliphatic heterocycles. The van der Waals surface area contributed by atoms with E-state index in [2.05, 4.69) is 16.2 Å². The van der Waals surface area contributed by atoms with Crippen molar-refractivity contribution in [3.63, 3.8) is 0 Å². The van der Waals surface area contributed by atoms with Gasteiger partial charge in [-0.15, -0.1) is 0 Å². The van der Waals surface area contributed by atoms with Gasteiger partial charge in [0, 0.05) is 5.69 Å². The van der Waals surface area contributed by atoms with Crippen molar-refractivity contribution in [3.05, 3.63) is 54.3 Å². The highest BCUT2D eigenvalue weighted by atomic mass is 32.2. The molecule has 156 valence electrons. The first-order valence-corrected chi connectivity index (χ1v) is 9.94. The monoisotopic (exact) mass is 424 g/mol. The van der Waals surface area contributed by atoms with Gasteiger partial charge < -0.3 is 10.1 Å². The summed E-state index contributed by atoms with van der Waals surface area (Å²) < 4.78 is 45.1. The Morgan fingerprint density at radius 2 is 1.72 bits per heavy atom. The first-order chi connectivity index (χ1) is 13.7. The van der Waals surface area contributed by atoms with Gasteiger partial charge in [-0.25, -0.2) is 12.8 Å². The molecule has 0 aliphatic rings. The Morgan fingerprint density at radius 3 is 2.34 bits per heavy atom. The molecule has 0 bridgehead atoms. The van der Waals surface area contributed by atoms with Gasteiger partial charge in [-0.3, -0.25) is 20.4 Å². The number of sulfonamides is 1. The highest BCUT2D eigenvalue weighted by Crippen LogP contribution is 2.15. The number of nitrogens with one attached hydrogen (secondary N) is 4. The van der Waals surface area contributed by atoms with Gasteiger partial charge in [-0.05, 0) is 43.3 Å². The molecular weight excluding hydrogens is 403 g/mol. The Balaban J connectivity index is 1.81. The molecule has 11 heteroatoms. The van der Waals surface area contributed by atoms with Crippen molar-refractivity contribution in [2.45, 2.75) is 17.9 Å². The highest BCUT2D eigenvalue weighted by molar-refractivity contribution is 7.89. The van der Waals surface area contributed by atoms with Crippen LogP contribution in [-0.4, -0.2) is 39.9 Å². The number of carbonyl (C=O) groups excluding carboxylic acids is 2. The lowest BCUT2D eigenvalue weighted by Crippen LogP contribution is -2.52. The Morgan fingerprint density at radius 1 is 1.07 bits per heavy atom. The van der Waals surface area contributed by atoms with E-state index in [0.29, 0.717) is 11.4 Å². The van der Waals surface area contributed by atoms with E-state index in [9.17, 15) is 22.4 Å². The summed E-state index contributed by atoms with van der Waals surface area (Å²) in [6, 6.07) is 10.4. The zero-order valence-electron chi connectivity index (χ0n) is 15.7. The minimum absolute atomic E-state index is 0.137. The highest BCUT2D eigenvalue weighted by Gasteiger charge is 2.24. The normalized spacial score (nSPS) is 12.0. The van der Waals surface area contributed by atoms with Crippen molar-refractivity contribution in [1.82, 2.24) is 15.6 Å². The number of amides is 2. The predicted octanol–water partition coefficient (Wildman–Crippen LogP) is 0.761. The van der Waals surface area contributed by atoms with Crippen LogP contribution in [0.2, 0.25) is 0 Å². The van der Waals surface area contributed by atoms with Crippen LogP contribution in [-0.2, 0) is 19.6 Å². The average molecular weight is 424 g/mol. The first kappa shape index (κ1) is 22.1. The maximum absolute atomic E-state index is 13.7. The predicted molar refractivity (Wildman–Crippen MR) is 104 cm³/mol. The summed E-state index contributed by atoms with van der Waals surface area (Å²) in [7, 11) is -2.71. The van der Waals surface area contributed by atoms with Gasteiger partial charge in [-0.2, -0.15) is 4.72 Å². The third kappa shape index (κ3) is 6.43. The SMILES string of the molecule is COc1ccc(NCC(=O)NNC(=O)[C@H](C)NS(=O)(=O)c2ccccc2F)cc1. The van der Waals surface area contributed by atoms with E-state index in [-0.39, 0.29) is 6.54 Å². The minimum atomic E-state index is -4.25. The largest absolute Gasteiger partial charge is 0.497 e. The number of ether oxygens (including phenoxy) is 1. The van der Waals surface area contributed by atoms with Crippen LogP contribution in [0.3, 0.4) is 0 Å². The second-order valence-electron chi connectivity index (χ2n) is 5.89. The number of anilines is 1. The molecule has 0 heterocycles. The number of carbonyl (C=O) groups is 2. The Kier molecular flexibility index (Phi) is 7.51. The fourth-order valence-electron chi connectivity index (χ4n) is 2.19. The fourth-order valence-corrected chi connectivity index (χ4v) is 3.47. The smallest absolute Gasteiger partial charge is 0.257 e. The van der Waals surface area contributed by atoms with Crippen molar-refractivity contribution in [2.75, 3.05) is 19.0 Å². The summed E-state index contributed by atoms with van der Waals surface area (Å²) in [6.07, 6.45) is 0. The summed E-state index contributed by atoms with van der Waals surface area (Å²) in [5.74, 6) is -1.65. The number of rotatable bonds is 8. The maximum Gasteiger partial charge on any atom is 0.257 e. The van der Waals surface area contributed by atoms with E-state index in [4.69, 9.17) is 4.74 Å². The van der Waals surface area contributed by atoms with Crippen molar-refractivity contribution in [2.24, 2.45) is 0 Å². The van der Waals surface area contributed by atoms with Crippen LogP contribution in [0.4, 0.5) is 10.1 Å². The van der Waals surface area contributed by atoms with Gasteiger partial charge in [0.25, 0.3) is 11.8 Å². The molecular formula is C18H21FN4O5S. The molecule has 4 N–H and O–H groups in total. The van der Waals surface area contributed by atoms with Gasteiger partial charge in [0.05, 0.1) is 19.7 Å². The first-order valence-electron chi connectivity index (χ1n) is 8.46.